The highest BCUT2D eigenvalue weighted by molar-refractivity contribution is 5.94. The molecule has 1 aromatic heterocycles. The molecule has 0 amide bonds. The quantitative estimate of drug-likeness (QED) is 0.570. The predicted molar refractivity (Wildman–Crippen MR) is 118 cm³/mol. The molecule has 3 aromatic rings. The zero-order valence-electron chi connectivity index (χ0n) is 18.0. The van der Waals surface area contributed by atoms with Gasteiger partial charge in [-0.3, -0.25) is 9.78 Å². The van der Waals surface area contributed by atoms with E-state index in [-0.39, 0.29) is 12.6 Å². The molecule has 5 rings (SSSR count). The van der Waals surface area contributed by atoms with Gasteiger partial charge < -0.3 is 14.2 Å². The van der Waals surface area contributed by atoms with Crippen LogP contribution in [0.4, 0.5) is 0 Å². The number of nitrogens with zero attached hydrogens (tertiary/aromatic N) is 1. The highest BCUT2D eigenvalue weighted by Crippen LogP contribution is 2.51. The maximum absolute atomic E-state index is 13.4. The maximum atomic E-state index is 13.4. The number of carbonyl (C=O) groups is 1. The second-order valence-corrected chi connectivity index (χ2v) is 8.35. The molecular formula is C26H25NO4. The van der Waals surface area contributed by atoms with Gasteiger partial charge in [-0.25, -0.2) is 0 Å². The van der Waals surface area contributed by atoms with Gasteiger partial charge in [0, 0.05) is 18.2 Å². The summed E-state index contributed by atoms with van der Waals surface area (Å²) in [5, 5.41) is 0. The summed E-state index contributed by atoms with van der Waals surface area (Å²) >= 11 is 0. The Hall–Kier alpha value is -3.34. The monoisotopic (exact) mass is 415 g/mol. The number of ketones is 1. The average molecular weight is 415 g/mol. The van der Waals surface area contributed by atoms with Crippen LogP contribution in [0.5, 0.6) is 17.2 Å². The van der Waals surface area contributed by atoms with Crippen LogP contribution < -0.4 is 14.2 Å². The molecule has 0 radical (unpaired) electrons. The van der Waals surface area contributed by atoms with Crippen molar-refractivity contribution < 1.29 is 19.0 Å². The first kappa shape index (κ1) is 19.6. The minimum Gasteiger partial charge on any atom is -0.497 e. The van der Waals surface area contributed by atoms with E-state index in [1.54, 1.807) is 7.11 Å². The fourth-order valence-corrected chi connectivity index (χ4v) is 4.38. The molecule has 0 N–H and O–H groups in total. The Morgan fingerprint density at radius 3 is 2.65 bits per heavy atom. The van der Waals surface area contributed by atoms with Crippen molar-refractivity contribution in [2.24, 2.45) is 0 Å². The van der Waals surface area contributed by atoms with Gasteiger partial charge in [0.2, 0.25) is 6.79 Å². The van der Waals surface area contributed by atoms with E-state index < -0.39 is 5.41 Å². The van der Waals surface area contributed by atoms with Gasteiger partial charge in [-0.2, -0.15) is 0 Å². The third-order valence-electron chi connectivity index (χ3n) is 6.67. The Balaban J connectivity index is 1.41. The zero-order valence-corrected chi connectivity index (χ0v) is 18.0. The van der Waals surface area contributed by atoms with Crippen molar-refractivity contribution in [3.05, 3.63) is 71.0 Å². The van der Waals surface area contributed by atoms with Crippen molar-refractivity contribution in [2.75, 3.05) is 13.9 Å². The van der Waals surface area contributed by atoms with Crippen molar-refractivity contribution in [1.29, 1.82) is 0 Å². The number of rotatable bonds is 6. The largest absolute Gasteiger partial charge is 0.497 e. The molecule has 158 valence electrons. The lowest BCUT2D eigenvalue weighted by Gasteiger charge is -2.17. The topological polar surface area (TPSA) is 57.7 Å². The molecule has 0 atom stereocenters. The summed E-state index contributed by atoms with van der Waals surface area (Å²) in [4.78, 5) is 18.1. The van der Waals surface area contributed by atoms with Gasteiger partial charge in [-0.1, -0.05) is 18.2 Å². The van der Waals surface area contributed by atoms with Crippen molar-refractivity contribution >= 4 is 5.78 Å². The number of hydrogen-bond donors (Lipinski definition) is 0. The van der Waals surface area contributed by atoms with E-state index in [9.17, 15) is 4.79 Å². The van der Waals surface area contributed by atoms with Gasteiger partial charge in [-0.15, -0.1) is 0 Å². The van der Waals surface area contributed by atoms with Gasteiger partial charge in [0.15, 0.2) is 11.5 Å². The number of fused-ring (bicyclic) bond motifs is 1. The Kier molecular flexibility index (Phi) is 4.69. The molecule has 1 aliphatic carbocycles. The first-order chi connectivity index (χ1) is 15.0. The van der Waals surface area contributed by atoms with Gasteiger partial charge in [0.05, 0.1) is 18.2 Å². The van der Waals surface area contributed by atoms with Gasteiger partial charge in [0.1, 0.15) is 11.5 Å². The summed E-state index contributed by atoms with van der Waals surface area (Å²) in [6, 6.07) is 13.8. The fourth-order valence-electron chi connectivity index (χ4n) is 4.38. The molecule has 0 spiro atoms. The van der Waals surface area contributed by atoms with Crippen LogP contribution >= 0.6 is 0 Å². The third-order valence-corrected chi connectivity index (χ3v) is 6.67. The number of ether oxygens (including phenoxy) is 3. The van der Waals surface area contributed by atoms with Crippen molar-refractivity contribution in [1.82, 2.24) is 4.98 Å². The van der Waals surface area contributed by atoms with Crippen molar-refractivity contribution in [2.45, 2.75) is 38.5 Å². The van der Waals surface area contributed by atoms with E-state index in [0.717, 1.165) is 63.6 Å². The Bertz CT molecular complexity index is 1180. The molecule has 5 heteroatoms. The summed E-state index contributed by atoms with van der Waals surface area (Å²) in [7, 11) is 1.66. The lowest BCUT2D eigenvalue weighted by Crippen LogP contribution is -2.23. The number of Topliss-reactive ketones (excluding diaryl/α,β-unsaturated/α-hetero) is 1. The van der Waals surface area contributed by atoms with E-state index in [1.807, 2.05) is 42.6 Å². The minimum atomic E-state index is -0.422. The smallest absolute Gasteiger partial charge is 0.231 e. The van der Waals surface area contributed by atoms with Crippen LogP contribution in [0.3, 0.4) is 0 Å². The maximum Gasteiger partial charge on any atom is 0.231 e. The predicted octanol–water partition coefficient (Wildman–Crippen LogP) is 4.95. The molecule has 5 nitrogen and oxygen atoms in total. The van der Waals surface area contributed by atoms with Gasteiger partial charge in [0.25, 0.3) is 0 Å². The third kappa shape index (κ3) is 3.34. The number of methoxy groups -OCH3 is 1. The molecule has 31 heavy (non-hydrogen) atoms. The van der Waals surface area contributed by atoms with E-state index in [0.29, 0.717) is 6.42 Å². The van der Waals surface area contributed by atoms with Crippen LogP contribution in [-0.2, 0) is 16.6 Å². The first-order valence-electron chi connectivity index (χ1n) is 10.5. The van der Waals surface area contributed by atoms with Gasteiger partial charge >= 0.3 is 0 Å². The summed E-state index contributed by atoms with van der Waals surface area (Å²) in [6.07, 6.45) is 3.94. The summed E-state index contributed by atoms with van der Waals surface area (Å²) < 4.78 is 16.3. The molecule has 1 fully saturated rings. The number of pyridine rings is 1. The van der Waals surface area contributed by atoms with Crippen LogP contribution in [0.1, 0.15) is 35.2 Å². The molecule has 0 bridgehead atoms. The molecule has 1 saturated carbocycles. The number of benzene rings is 2. The molecule has 0 unspecified atom stereocenters. The lowest BCUT2D eigenvalue weighted by atomic mass is 9.87. The zero-order chi connectivity index (χ0) is 21.6. The Labute approximate surface area is 182 Å². The minimum absolute atomic E-state index is 0.218. The van der Waals surface area contributed by atoms with Crippen LogP contribution in [0.2, 0.25) is 0 Å². The number of aromatic nitrogens is 1. The van der Waals surface area contributed by atoms with Crippen molar-refractivity contribution in [3.63, 3.8) is 0 Å². The fraction of sp³-hybridized carbons (Fsp3) is 0.308. The van der Waals surface area contributed by atoms with Crippen LogP contribution in [0, 0.1) is 13.8 Å². The summed E-state index contributed by atoms with van der Waals surface area (Å²) in [6.45, 7) is 4.38. The first-order valence-corrected chi connectivity index (χ1v) is 10.5. The lowest BCUT2D eigenvalue weighted by molar-refractivity contribution is -0.120. The summed E-state index contributed by atoms with van der Waals surface area (Å²) in [5.41, 5.74) is 5.77. The SMILES string of the molecule is COc1cccc(-c2cnc(CC(=O)C3(c4ccc5c(c4)OCO5)CC3)c(C)c2C)c1. The average Bonchev–Trinajstić information content (AvgIpc) is 3.48. The molecule has 2 aliphatic rings. The standard InChI is InChI=1S/C26H25NO4/c1-16-17(2)22(27-14-21(16)18-5-4-6-20(11-18)29-3)13-25(28)26(9-10-26)19-7-8-23-24(12-19)31-15-30-23/h4-8,11-12,14H,9-10,13,15H2,1-3H3. The molecule has 2 heterocycles. The number of hydrogen-bond acceptors (Lipinski definition) is 5. The van der Waals surface area contributed by atoms with Crippen LogP contribution in [-0.4, -0.2) is 24.7 Å². The van der Waals surface area contributed by atoms with E-state index in [2.05, 4.69) is 19.9 Å². The van der Waals surface area contributed by atoms with E-state index >= 15 is 0 Å². The van der Waals surface area contributed by atoms with E-state index in [1.165, 1.54) is 0 Å². The molecule has 1 aliphatic heterocycles. The van der Waals surface area contributed by atoms with Crippen LogP contribution in [0.15, 0.2) is 48.7 Å². The van der Waals surface area contributed by atoms with Crippen molar-refractivity contribution in [3.8, 4) is 28.4 Å². The molecular weight excluding hydrogens is 390 g/mol. The Morgan fingerprint density at radius 1 is 1.06 bits per heavy atom. The highest BCUT2D eigenvalue weighted by atomic mass is 16.7. The van der Waals surface area contributed by atoms with E-state index in [4.69, 9.17) is 19.2 Å². The van der Waals surface area contributed by atoms with Gasteiger partial charge in [-0.05, 0) is 73.2 Å². The van der Waals surface area contributed by atoms with Crippen LogP contribution in [0.25, 0.3) is 11.1 Å². The second-order valence-electron chi connectivity index (χ2n) is 8.35. The number of carbonyl (C=O) groups excluding carboxylic acids is 1. The molecule has 0 saturated heterocycles. The summed E-state index contributed by atoms with van der Waals surface area (Å²) in [5.74, 6) is 2.50. The normalized spacial score (nSPS) is 15.6. The second kappa shape index (κ2) is 7.41. The highest BCUT2D eigenvalue weighted by Gasteiger charge is 2.51. The molecule has 2 aromatic carbocycles. The Morgan fingerprint density at radius 2 is 1.87 bits per heavy atom.